The van der Waals surface area contributed by atoms with E-state index in [1.54, 1.807) is 0 Å². The Morgan fingerprint density at radius 3 is 2.31 bits per heavy atom. The fourth-order valence-electron chi connectivity index (χ4n) is 0.826. The van der Waals surface area contributed by atoms with E-state index in [2.05, 4.69) is 20.9 Å². The van der Waals surface area contributed by atoms with Crippen molar-refractivity contribution in [2.75, 3.05) is 0 Å². The summed E-state index contributed by atoms with van der Waals surface area (Å²) in [5, 5.41) is 0. The number of halogens is 3. The van der Waals surface area contributed by atoms with Gasteiger partial charge in [-0.3, -0.25) is 0 Å². The molecule has 0 saturated heterocycles. The van der Waals surface area contributed by atoms with Crippen LogP contribution >= 0.6 is 40.2 Å². The highest BCUT2D eigenvalue weighted by atomic mass is 79.9. The van der Waals surface area contributed by atoms with Crippen LogP contribution in [0.1, 0.15) is 0 Å². The summed E-state index contributed by atoms with van der Waals surface area (Å²) < 4.78 is 27.9. The van der Waals surface area contributed by atoms with Crippen LogP contribution in [-0.2, 0) is 4.79 Å². The van der Waals surface area contributed by atoms with Crippen LogP contribution < -0.4 is 4.74 Å². The molecule has 0 N–H and O–H groups in total. The van der Waals surface area contributed by atoms with Gasteiger partial charge in [-0.25, -0.2) is 4.79 Å². The van der Waals surface area contributed by atoms with Crippen LogP contribution in [0.25, 0.3) is 0 Å². The molecule has 8 heteroatoms. The summed E-state index contributed by atoms with van der Waals surface area (Å²) in [6.45, 7) is 0. The summed E-state index contributed by atoms with van der Waals surface area (Å²) in [7, 11) is 0. The van der Waals surface area contributed by atoms with Crippen LogP contribution in [-0.4, -0.2) is 9.25 Å². The van der Waals surface area contributed by atoms with E-state index in [1.165, 1.54) is 30.3 Å². The number of aliphatic imine (C=N–C) groups is 1. The summed E-state index contributed by atoms with van der Waals surface area (Å²) in [5.74, 6) is 0.233. The van der Waals surface area contributed by atoms with E-state index in [0.717, 1.165) is 0 Å². The van der Waals surface area contributed by atoms with Gasteiger partial charge in [0.1, 0.15) is 30.0 Å². The Labute approximate surface area is 107 Å². The SMILES string of the molecule is O=C=Nc1ccc(OC(Br)(SF)SF)cc1. The fraction of sp³-hybridized carbons (Fsp3) is 0.125. The predicted molar refractivity (Wildman–Crippen MR) is 63.9 cm³/mol. The van der Waals surface area contributed by atoms with Crippen molar-refractivity contribution in [3.05, 3.63) is 24.3 Å². The Balaban J connectivity index is 2.78. The second kappa shape index (κ2) is 6.24. The quantitative estimate of drug-likeness (QED) is 0.350. The van der Waals surface area contributed by atoms with Gasteiger partial charge in [-0.15, -0.1) is 0 Å². The Morgan fingerprint density at radius 1 is 1.31 bits per heavy atom. The molecule has 86 valence electrons. The summed E-state index contributed by atoms with van der Waals surface area (Å²) in [5.41, 5.74) is 0.378. The van der Waals surface area contributed by atoms with E-state index < -0.39 is 3.17 Å². The van der Waals surface area contributed by atoms with Gasteiger partial charge in [0.15, 0.2) is 0 Å². The molecule has 0 atom stereocenters. The van der Waals surface area contributed by atoms with Gasteiger partial charge in [-0.2, -0.15) is 12.8 Å². The van der Waals surface area contributed by atoms with E-state index >= 15 is 0 Å². The minimum absolute atomic E-state index is 0.233. The third-order valence-corrected chi connectivity index (χ3v) is 3.24. The van der Waals surface area contributed by atoms with Crippen molar-refractivity contribution in [3.63, 3.8) is 0 Å². The number of alkyl halides is 1. The molecular weight excluding hydrogens is 324 g/mol. The topological polar surface area (TPSA) is 38.7 Å². The first kappa shape index (κ1) is 13.5. The largest absolute Gasteiger partial charge is 0.453 e. The maximum Gasteiger partial charge on any atom is 0.316 e. The minimum atomic E-state index is -1.82. The van der Waals surface area contributed by atoms with Gasteiger partial charge in [0.2, 0.25) is 6.08 Å². The molecule has 0 unspecified atom stereocenters. The van der Waals surface area contributed by atoms with Crippen molar-refractivity contribution in [1.82, 2.24) is 0 Å². The third-order valence-electron chi connectivity index (χ3n) is 1.44. The Morgan fingerprint density at radius 2 is 1.88 bits per heavy atom. The van der Waals surface area contributed by atoms with E-state index in [4.69, 9.17) is 4.74 Å². The second-order valence-corrected chi connectivity index (χ2v) is 6.32. The van der Waals surface area contributed by atoms with Gasteiger partial charge in [0, 0.05) is 0 Å². The van der Waals surface area contributed by atoms with E-state index in [0.29, 0.717) is 5.69 Å². The molecule has 0 bridgehead atoms. The molecule has 0 saturated carbocycles. The van der Waals surface area contributed by atoms with Crippen LogP contribution in [0.2, 0.25) is 0 Å². The number of nitrogens with zero attached hydrogens (tertiary/aromatic N) is 1. The van der Waals surface area contributed by atoms with Crippen molar-refractivity contribution in [1.29, 1.82) is 0 Å². The number of hydrogen-bond donors (Lipinski definition) is 0. The number of carbonyl (C=O) groups excluding carboxylic acids is 1. The molecule has 0 heterocycles. The van der Waals surface area contributed by atoms with Crippen molar-refractivity contribution < 1.29 is 17.3 Å². The molecule has 0 radical (unpaired) electrons. The normalized spacial score (nSPS) is 10.7. The lowest BCUT2D eigenvalue weighted by molar-refractivity contribution is 0.338. The lowest BCUT2D eigenvalue weighted by atomic mass is 10.3. The van der Waals surface area contributed by atoms with E-state index in [1.807, 2.05) is 0 Å². The molecule has 0 aliphatic carbocycles. The first-order chi connectivity index (χ1) is 7.63. The average Bonchev–Trinajstić information content (AvgIpc) is 2.32. The molecule has 0 spiro atoms. The number of ether oxygens (including phenoxy) is 1. The van der Waals surface area contributed by atoms with Gasteiger partial charge in [0.05, 0.1) is 5.69 Å². The molecule has 0 aromatic heterocycles. The fourth-order valence-corrected chi connectivity index (χ4v) is 1.36. The Kier molecular flexibility index (Phi) is 5.27. The zero-order valence-corrected chi connectivity index (χ0v) is 10.7. The molecule has 0 amide bonds. The highest BCUT2D eigenvalue weighted by Crippen LogP contribution is 2.45. The van der Waals surface area contributed by atoms with Crippen molar-refractivity contribution in [3.8, 4) is 5.75 Å². The zero-order chi connectivity index (χ0) is 12.0. The van der Waals surface area contributed by atoms with Gasteiger partial charge in [-0.05, 0) is 40.2 Å². The highest BCUT2D eigenvalue weighted by Gasteiger charge is 2.33. The predicted octanol–water partition coefficient (Wildman–Crippen LogP) is 4.27. The number of benzene rings is 1. The smallest absolute Gasteiger partial charge is 0.316 e. The highest BCUT2D eigenvalue weighted by molar-refractivity contribution is 9.13. The third kappa shape index (κ3) is 3.79. The van der Waals surface area contributed by atoms with E-state index in [-0.39, 0.29) is 30.0 Å². The number of isocyanates is 1. The van der Waals surface area contributed by atoms with Crippen LogP contribution in [0.5, 0.6) is 5.75 Å². The molecule has 16 heavy (non-hydrogen) atoms. The lowest BCUT2D eigenvalue weighted by Crippen LogP contribution is -2.16. The van der Waals surface area contributed by atoms with Crippen LogP contribution in [0.4, 0.5) is 13.5 Å². The van der Waals surface area contributed by atoms with Crippen molar-refractivity contribution in [2.45, 2.75) is 3.17 Å². The molecule has 1 aromatic rings. The molecule has 0 aliphatic rings. The zero-order valence-electron chi connectivity index (χ0n) is 7.52. The summed E-state index contributed by atoms with van der Waals surface area (Å²) in [6.07, 6.45) is 1.37. The van der Waals surface area contributed by atoms with E-state index in [9.17, 15) is 12.6 Å². The standard InChI is InChI=1S/C8H4BrF2NO2S2/c9-8(15-10,16-11)14-7-3-1-6(2-4-7)12-5-13/h1-4H. The first-order valence-corrected chi connectivity index (χ1v) is 6.01. The summed E-state index contributed by atoms with van der Waals surface area (Å²) in [6, 6.07) is 5.77. The lowest BCUT2D eigenvalue weighted by Gasteiger charge is -2.18. The summed E-state index contributed by atoms with van der Waals surface area (Å²) >= 11 is 2.09. The Hall–Kier alpha value is -0.560. The molecule has 3 nitrogen and oxygen atoms in total. The van der Waals surface area contributed by atoms with Gasteiger partial charge < -0.3 is 4.74 Å². The molecule has 0 fully saturated rings. The maximum atomic E-state index is 12.3. The number of rotatable bonds is 5. The van der Waals surface area contributed by atoms with Crippen LogP contribution in [0, 0.1) is 0 Å². The summed E-state index contributed by atoms with van der Waals surface area (Å²) in [4.78, 5) is 13.3. The molecule has 0 aliphatic heterocycles. The maximum absolute atomic E-state index is 12.3. The second-order valence-electron chi connectivity index (χ2n) is 2.43. The molecular formula is C8H4BrF2NO2S2. The first-order valence-electron chi connectivity index (χ1n) is 3.79. The Bertz CT molecular complexity index is 394. The monoisotopic (exact) mass is 327 g/mol. The average molecular weight is 328 g/mol. The molecule has 1 aromatic carbocycles. The van der Waals surface area contributed by atoms with Crippen molar-refractivity contribution in [2.24, 2.45) is 4.99 Å². The molecule has 1 rings (SSSR count). The van der Waals surface area contributed by atoms with Gasteiger partial charge in [-0.1, -0.05) is 0 Å². The number of hydrogen-bond acceptors (Lipinski definition) is 5. The van der Waals surface area contributed by atoms with Crippen LogP contribution in [0.15, 0.2) is 29.3 Å². The van der Waals surface area contributed by atoms with Gasteiger partial charge >= 0.3 is 3.17 Å². The van der Waals surface area contributed by atoms with Crippen LogP contribution in [0.3, 0.4) is 0 Å². The minimum Gasteiger partial charge on any atom is -0.453 e. The van der Waals surface area contributed by atoms with Crippen molar-refractivity contribution >= 4 is 52.0 Å². The van der Waals surface area contributed by atoms with Gasteiger partial charge in [0.25, 0.3) is 0 Å².